The highest BCUT2D eigenvalue weighted by molar-refractivity contribution is 6.06. The van der Waals surface area contributed by atoms with E-state index in [0.717, 1.165) is 23.4 Å². The number of carbonyl (C=O) groups excluding carboxylic acids is 1. The van der Waals surface area contributed by atoms with Crippen LogP contribution >= 0.6 is 0 Å². The Hall–Kier alpha value is -2.34. The summed E-state index contributed by atoms with van der Waals surface area (Å²) in [5.41, 5.74) is 2.46. The summed E-state index contributed by atoms with van der Waals surface area (Å²) in [7, 11) is 3.28. The minimum atomic E-state index is -0.0937. The molecule has 128 valence electrons. The van der Waals surface area contributed by atoms with Gasteiger partial charge in [0.25, 0.3) is 5.91 Å². The maximum atomic E-state index is 13.0. The molecule has 0 bridgehead atoms. The molecule has 6 heteroatoms. The molecule has 0 radical (unpaired) electrons. The Morgan fingerprint density at radius 2 is 2.17 bits per heavy atom. The fraction of sp³-hybridized carbons (Fsp3) is 0.444. The number of benzene rings is 1. The number of rotatable bonds is 5. The van der Waals surface area contributed by atoms with Gasteiger partial charge < -0.3 is 14.4 Å². The second kappa shape index (κ2) is 7.05. The molecule has 2 aromatic rings. The van der Waals surface area contributed by atoms with Gasteiger partial charge in [-0.25, -0.2) is 0 Å². The van der Waals surface area contributed by atoms with Crippen LogP contribution in [-0.4, -0.2) is 43.1 Å². The lowest BCUT2D eigenvalue weighted by Crippen LogP contribution is -2.37. The predicted octanol–water partition coefficient (Wildman–Crippen LogP) is 2.69. The van der Waals surface area contributed by atoms with E-state index in [4.69, 9.17) is 9.47 Å². The molecule has 2 heterocycles. The van der Waals surface area contributed by atoms with Crippen LogP contribution in [0, 0.1) is 0 Å². The third-order valence-electron chi connectivity index (χ3n) is 4.47. The summed E-state index contributed by atoms with van der Waals surface area (Å²) in [5.74, 6) is 1.04. The molecular weight excluding hydrogens is 306 g/mol. The van der Waals surface area contributed by atoms with Crippen molar-refractivity contribution in [3.05, 3.63) is 41.7 Å². The Kier molecular flexibility index (Phi) is 4.85. The van der Waals surface area contributed by atoms with Crippen LogP contribution in [0.5, 0.6) is 5.75 Å². The molecule has 0 saturated heterocycles. The number of hydrogen-bond acceptors (Lipinski definition) is 4. The van der Waals surface area contributed by atoms with Crippen molar-refractivity contribution in [1.29, 1.82) is 0 Å². The zero-order chi connectivity index (χ0) is 17.1. The standard InChI is InChI=1S/C18H23N3O3/c1-13-7-10-21(17-14(13)5-4-6-16(17)24-3)18(22)15-8-9-20(19-15)11-12-23-2/h4-6,8-9,13H,7,10-12H2,1-3H3. The average molecular weight is 329 g/mol. The van der Waals surface area contributed by atoms with Gasteiger partial charge in [-0.15, -0.1) is 0 Å². The second-order valence-corrected chi connectivity index (χ2v) is 6.00. The molecule has 0 saturated carbocycles. The van der Waals surface area contributed by atoms with Gasteiger partial charge in [-0.3, -0.25) is 9.48 Å². The molecule has 1 aliphatic rings. The van der Waals surface area contributed by atoms with Gasteiger partial charge in [-0.2, -0.15) is 5.10 Å². The van der Waals surface area contributed by atoms with E-state index in [9.17, 15) is 4.79 Å². The SMILES string of the molecule is COCCn1ccc(C(=O)N2CCC(C)c3cccc(OC)c32)n1. The van der Waals surface area contributed by atoms with Gasteiger partial charge in [0.15, 0.2) is 5.69 Å². The molecule has 1 aromatic heterocycles. The summed E-state index contributed by atoms with van der Waals surface area (Å²) >= 11 is 0. The van der Waals surface area contributed by atoms with Gasteiger partial charge in [0.1, 0.15) is 5.75 Å². The molecular formula is C18H23N3O3. The number of methoxy groups -OCH3 is 2. The van der Waals surface area contributed by atoms with Crippen molar-refractivity contribution in [3.8, 4) is 5.75 Å². The molecule has 0 aliphatic carbocycles. The van der Waals surface area contributed by atoms with Crippen molar-refractivity contribution in [1.82, 2.24) is 9.78 Å². The van der Waals surface area contributed by atoms with Crippen LogP contribution in [-0.2, 0) is 11.3 Å². The van der Waals surface area contributed by atoms with E-state index < -0.39 is 0 Å². The highest BCUT2D eigenvalue weighted by Crippen LogP contribution is 2.41. The van der Waals surface area contributed by atoms with E-state index in [1.54, 1.807) is 29.9 Å². The van der Waals surface area contributed by atoms with Crippen molar-refractivity contribution in [2.45, 2.75) is 25.8 Å². The lowest BCUT2D eigenvalue weighted by atomic mass is 9.91. The quantitative estimate of drug-likeness (QED) is 0.846. The average Bonchev–Trinajstić information content (AvgIpc) is 3.08. The van der Waals surface area contributed by atoms with Crippen molar-refractivity contribution >= 4 is 11.6 Å². The molecule has 1 aromatic carbocycles. The Morgan fingerprint density at radius 3 is 2.92 bits per heavy atom. The van der Waals surface area contributed by atoms with Crippen molar-refractivity contribution in [3.63, 3.8) is 0 Å². The van der Waals surface area contributed by atoms with Gasteiger partial charge in [0, 0.05) is 19.9 Å². The maximum absolute atomic E-state index is 13.0. The van der Waals surface area contributed by atoms with Gasteiger partial charge >= 0.3 is 0 Å². The zero-order valence-corrected chi connectivity index (χ0v) is 14.4. The molecule has 3 rings (SSSR count). The molecule has 0 fully saturated rings. The van der Waals surface area contributed by atoms with E-state index in [-0.39, 0.29) is 5.91 Å². The first-order valence-electron chi connectivity index (χ1n) is 8.17. The summed E-state index contributed by atoms with van der Waals surface area (Å²) in [5, 5.41) is 4.37. The van der Waals surface area contributed by atoms with Crippen LogP contribution < -0.4 is 9.64 Å². The first-order chi connectivity index (χ1) is 11.7. The summed E-state index contributed by atoms with van der Waals surface area (Å²) in [6, 6.07) is 7.69. The molecule has 1 unspecified atom stereocenters. The third-order valence-corrected chi connectivity index (χ3v) is 4.47. The Balaban J connectivity index is 1.91. The van der Waals surface area contributed by atoms with E-state index >= 15 is 0 Å². The molecule has 1 aliphatic heterocycles. The minimum Gasteiger partial charge on any atom is -0.495 e. The van der Waals surface area contributed by atoms with Crippen LogP contribution in [0.1, 0.15) is 35.3 Å². The number of amides is 1. The molecule has 0 spiro atoms. The monoisotopic (exact) mass is 329 g/mol. The van der Waals surface area contributed by atoms with Crippen LogP contribution in [0.3, 0.4) is 0 Å². The number of hydrogen-bond donors (Lipinski definition) is 0. The van der Waals surface area contributed by atoms with E-state index in [1.165, 1.54) is 0 Å². The van der Waals surface area contributed by atoms with Crippen molar-refractivity contribution in [2.75, 3.05) is 32.3 Å². The smallest absolute Gasteiger partial charge is 0.278 e. The second-order valence-electron chi connectivity index (χ2n) is 6.00. The number of fused-ring (bicyclic) bond motifs is 1. The zero-order valence-electron chi connectivity index (χ0n) is 14.4. The lowest BCUT2D eigenvalue weighted by molar-refractivity contribution is 0.0977. The van der Waals surface area contributed by atoms with Crippen molar-refractivity contribution < 1.29 is 14.3 Å². The van der Waals surface area contributed by atoms with Gasteiger partial charge in [0.05, 0.1) is 25.9 Å². The fourth-order valence-corrected chi connectivity index (χ4v) is 3.11. The number of ether oxygens (including phenoxy) is 2. The maximum Gasteiger partial charge on any atom is 0.278 e. The number of carbonyl (C=O) groups is 1. The normalized spacial score (nSPS) is 16.8. The Morgan fingerprint density at radius 1 is 1.33 bits per heavy atom. The number of aromatic nitrogens is 2. The summed E-state index contributed by atoms with van der Waals surface area (Å²) in [4.78, 5) is 14.8. The first-order valence-corrected chi connectivity index (χ1v) is 8.17. The summed E-state index contributed by atoms with van der Waals surface area (Å²) < 4.78 is 12.3. The number of para-hydroxylation sites is 1. The third kappa shape index (κ3) is 3.01. The van der Waals surface area contributed by atoms with Gasteiger partial charge in [-0.1, -0.05) is 19.1 Å². The minimum absolute atomic E-state index is 0.0937. The number of anilines is 1. The van der Waals surface area contributed by atoms with E-state index in [1.807, 2.05) is 18.3 Å². The molecule has 6 nitrogen and oxygen atoms in total. The predicted molar refractivity (Wildman–Crippen MR) is 91.8 cm³/mol. The first kappa shape index (κ1) is 16.5. The van der Waals surface area contributed by atoms with E-state index in [0.29, 0.717) is 31.3 Å². The van der Waals surface area contributed by atoms with Crippen LogP contribution in [0.25, 0.3) is 0 Å². The van der Waals surface area contributed by atoms with Crippen LogP contribution in [0.2, 0.25) is 0 Å². The van der Waals surface area contributed by atoms with Crippen LogP contribution in [0.15, 0.2) is 30.5 Å². The highest BCUT2D eigenvalue weighted by Gasteiger charge is 2.30. The van der Waals surface area contributed by atoms with Crippen LogP contribution in [0.4, 0.5) is 5.69 Å². The molecule has 1 amide bonds. The lowest BCUT2D eigenvalue weighted by Gasteiger charge is -2.33. The molecule has 1 atom stereocenters. The van der Waals surface area contributed by atoms with Gasteiger partial charge in [-0.05, 0) is 30.0 Å². The largest absolute Gasteiger partial charge is 0.495 e. The number of nitrogens with zero attached hydrogens (tertiary/aromatic N) is 3. The highest BCUT2D eigenvalue weighted by atomic mass is 16.5. The molecule has 24 heavy (non-hydrogen) atoms. The molecule has 0 N–H and O–H groups in total. The van der Waals surface area contributed by atoms with Crippen molar-refractivity contribution in [2.24, 2.45) is 0 Å². The summed E-state index contributed by atoms with van der Waals surface area (Å²) in [6.07, 6.45) is 2.73. The topological polar surface area (TPSA) is 56.6 Å². The Bertz CT molecular complexity index is 726. The van der Waals surface area contributed by atoms with E-state index in [2.05, 4.69) is 18.1 Å². The van der Waals surface area contributed by atoms with Gasteiger partial charge in [0.2, 0.25) is 0 Å². The fourth-order valence-electron chi connectivity index (χ4n) is 3.11. The summed E-state index contributed by atoms with van der Waals surface area (Å²) in [6.45, 7) is 4.03. The Labute approximate surface area is 142 Å².